The Bertz CT molecular complexity index is 413. The highest BCUT2D eigenvalue weighted by atomic mass is 16.2. The smallest absolute Gasteiger partial charge is 0.234 e. The molecule has 0 aromatic rings. The standard InChI is InChI=1S/C22H42N4O2/c1-25(19-11-7-3-4-8-12-19)17-21(27)23-15-16-24-22(28)18-26(2)20-13-9-5-6-10-14-20/h19-20H,3-18H2,1-2H3,(H,23,27)(H,24,28). The normalized spacial score (nSPS) is 20.0. The van der Waals surface area contributed by atoms with Gasteiger partial charge in [0.1, 0.15) is 0 Å². The van der Waals surface area contributed by atoms with Gasteiger partial charge in [-0.3, -0.25) is 19.4 Å². The first kappa shape index (κ1) is 23.1. The Morgan fingerprint density at radius 3 is 1.29 bits per heavy atom. The predicted octanol–water partition coefficient (Wildman–Crippen LogP) is 2.53. The van der Waals surface area contributed by atoms with Crippen LogP contribution in [-0.2, 0) is 9.59 Å². The monoisotopic (exact) mass is 394 g/mol. The molecule has 28 heavy (non-hydrogen) atoms. The van der Waals surface area contributed by atoms with Crippen molar-refractivity contribution in [3.8, 4) is 0 Å². The summed E-state index contributed by atoms with van der Waals surface area (Å²) in [6, 6.07) is 1.07. The second-order valence-corrected chi connectivity index (χ2v) is 8.82. The minimum absolute atomic E-state index is 0.0524. The summed E-state index contributed by atoms with van der Waals surface area (Å²) >= 11 is 0. The van der Waals surface area contributed by atoms with E-state index in [2.05, 4.69) is 34.5 Å². The Kier molecular flexibility index (Phi) is 10.9. The molecule has 2 fully saturated rings. The summed E-state index contributed by atoms with van der Waals surface area (Å²) in [6.45, 7) is 1.89. The summed E-state index contributed by atoms with van der Waals surface area (Å²) in [5.41, 5.74) is 0. The SMILES string of the molecule is CN(CC(=O)NCCNC(=O)CN(C)C1CCCCCC1)C1CCCCCC1. The fraction of sp³-hybridized carbons (Fsp3) is 0.909. The van der Waals surface area contributed by atoms with Crippen LogP contribution in [0.3, 0.4) is 0 Å². The van der Waals surface area contributed by atoms with E-state index in [4.69, 9.17) is 0 Å². The number of likely N-dealkylation sites (N-methyl/N-ethyl adjacent to an activating group) is 2. The number of carbonyl (C=O) groups is 2. The highest BCUT2D eigenvalue weighted by Crippen LogP contribution is 2.21. The second-order valence-electron chi connectivity index (χ2n) is 8.82. The molecule has 0 radical (unpaired) electrons. The molecule has 162 valence electrons. The summed E-state index contributed by atoms with van der Waals surface area (Å²) in [5.74, 6) is 0.105. The third-order valence-corrected chi connectivity index (χ3v) is 6.45. The molecular weight excluding hydrogens is 352 g/mol. The molecule has 2 N–H and O–H groups in total. The van der Waals surface area contributed by atoms with Gasteiger partial charge in [0.05, 0.1) is 13.1 Å². The molecule has 0 unspecified atom stereocenters. The van der Waals surface area contributed by atoms with E-state index in [1.807, 2.05) is 0 Å². The van der Waals surface area contributed by atoms with E-state index in [9.17, 15) is 9.59 Å². The zero-order valence-electron chi connectivity index (χ0n) is 18.2. The lowest BCUT2D eigenvalue weighted by Crippen LogP contribution is -2.44. The van der Waals surface area contributed by atoms with Gasteiger partial charge in [0.2, 0.25) is 11.8 Å². The number of carbonyl (C=O) groups excluding carboxylic acids is 2. The van der Waals surface area contributed by atoms with Gasteiger partial charge in [0.25, 0.3) is 0 Å². The van der Waals surface area contributed by atoms with Crippen molar-refractivity contribution in [1.29, 1.82) is 0 Å². The van der Waals surface area contributed by atoms with Gasteiger partial charge in [-0.05, 0) is 39.8 Å². The lowest BCUT2D eigenvalue weighted by atomic mass is 10.1. The summed E-state index contributed by atoms with van der Waals surface area (Å²) in [4.78, 5) is 28.7. The molecule has 2 saturated carbocycles. The molecule has 0 spiro atoms. The summed E-state index contributed by atoms with van der Waals surface area (Å²) in [6.07, 6.45) is 15.2. The molecule has 2 rings (SSSR count). The Hall–Kier alpha value is -1.14. The zero-order valence-corrected chi connectivity index (χ0v) is 18.2. The van der Waals surface area contributed by atoms with Gasteiger partial charge < -0.3 is 10.6 Å². The van der Waals surface area contributed by atoms with Crippen molar-refractivity contribution < 1.29 is 9.59 Å². The van der Waals surface area contributed by atoms with Crippen molar-refractivity contribution in [3.05, 3.63) is 0 Å². The van der Waals surface area contributed by atoms with Gasteiger partial charge in [-0.15, -0.1) is 0 Å². The molecule has 0 aromatic heterocycles. The third-order valence-electron chi connectivity index (χ3n) is 6.45. The van der Waals surface area contributed by atoms with E-state index < -0.39 is 0 Å². The molecule has 0 atom stereocenters. The van der Waals surface area contributed by atoms with E-state index >= 15 is 0 Å². The maximum atomic E-state index is 12.2. The second kappa shape index (κ2) is 13.2. The molecule has 2 amide bonds. The molecule has 0 heterocycles. The molecule has 2 aliphatic carbocycles. The van der Waals surface area contributed by atoms with E-state index in [1.165, 1.54) is 77.0 Å². The highest BCUT2D eigenvalue weighted by Gasteiger charge is 2.20. The fourth-order valence-electron chi connectivity index (χ4n) is 4.62. The maximum Gasteiger partial charge on any atom is 0.234 e. The highest BCUT2D eigenvalue weighted by molar-refractivity contribution is 5.79. The van der Waals surface area contributed by atoms with Gasteiger partial charge in [0.15, 0.2) is 0 Å². The predicted molar refractivity (Wildman–Crippen MR) is 114 cm³/mol. The van der Waals surface area contributed by atoms with Crippen LogP contribution in [0.2, 0.25) is 0 Å². The summed E-state index contributed by atoms with van der Waals surface area (Å²) < 4.78 is 0. The molecule has 6 nitrogen and oxygen atoms in total. The van der Waals surface area contributed by atoms with Crippen LogP contribution in [0.4, 0.5) is 0 Å². The van der Waals surface area contributed by atoms with Crippen LogP contribution in [-0.4, -0.2) is 74.0 Å². The molecule has 2 aliphatic rings. The number of rotatable bonds is 9. The van der Waals surface area contributed by atoms with Crippen molar-refractivity contribution >= 4 is 11.8 Å². The Labute approximate surface area is 171 Å². The van der Waals surface area contributed by atoms with Gasteiger partial charge in [-0.25, -0.2) is 0 Å². The number of nitrogens with one attached hydrogen (secondary N) is 2. The Balaban J connectivity index is 1.55. The fourth-order valence-corrected chi connectivity index (χ4v) is 4.62. The van der Waals surface area contributed by atoms with Gasteiger partial charge in [-0.2, -0.15) is 0 Å². The minimum Gasteiger partial charge on any atom is -0.353 e. The van der Waals surface area contributed by atoms with E-state index in [0.717, 1.165) is 0 Å². The van der Waals surface area contributed by atoms with Crippen LogP contribution >= 0.6 is 0 Å². The van der Waals surface area contributed by atoms with Gasteiger partial charge in [-0.1, -0.05) is 51.4 Å². The lowest BCUT2D eigenvalue weighted by Gasteiger charge is -2.26. The zero-order chi connectivity index (χ0) is 20.2. The first-order valence-corrected chi connectivity index (χ1v) is 11.5. The molecule has 0 saturated heterocycles. The topological polar surface area (TPSA) is 64.7 Å². The van der Waals surface area contributed by atoms with Crippen LogP contribution in [0, 0.1) is 0 Å². The molecular formula is C22H42N4O2. The largest absolute Gasteiger partial charge is 0.353 e. The Morgan fingerprint density at radius 2 is 0.964 bits per heavy atom. The number of nitrogens with zero attached hydrogens (tertiary/aromatic N) is 2. The average Bonchev–Trinajstić information content (AvgIpc) is 3.10. The van der Waals surface area contributed by atoms with Crippen molar-refractivity contribution in [3.63, 3.8) is 0 Å². The Morgan fingerprint density at radius 1 is 0.643 bits per heavy atom. The molecule has 6 heteroatoms. The van der Waals surface area contributed by atoms with E-state index in [1.54, 1.807) is 0 Å². The average molecular weight is 395 g/mol. The molecule has 0 bridgehead atoms. The molecule has 0 aliphatic heterocycles. The minimum atomic E-state index is 0.0524. The molecule has 0 aromatic carbocycles. The van der Waals surface area contributed by atoms with Crippen molar-refractivity contribution in [1.82, 2.24) is 20.4 Å². The first-order valence-electron chi connectivity index (χ1n) is 11.5. The number of hydrogen-bond acceptors (Lipinski definition) is 4. The number of amides is 2. The van der Waals surface area contributed by atoms with Gasteiger partial charge in [0, 0.05) is 25.2 Å². The van der Waals surface area contributed by atoms with Crippen LogP contribution in [0.25, 0.3) is 0 Å². The quantitative estimate of drug-likeness (QED) is 0.466. The number of hydrogen-bond donors (Lipinski definition) is 2. The maximum absolute atomic E-state index is 12.2. The van der Waals surface area contributed by atoms with Crippen molar-refractivity contribution in [2.24, 2.45) is 0 Å². The third kappa shape index (κ3) is 8.91. The first-order chi connectivity index (χ1) is 13.6. The van der Waals surface area contributed by atoms with Crippen LogP contribution in [0.15, 0.2) is 0 Å². The summed E-state index contributed by atoms with van der Waals surface area (Å²) in [7, 11) is 4.11. The van der Waals surface area contributed by atoms with Crippen LogP contribution in [0.5, 0.6) is 0 Å². The van der Waals surface area contributed by atoms with E-state index in [0.29, 0.717) is 38.3 Å². The summed E-state index contributed by atoms with van der Waals surface area (Å²) in [5, 5.41) is 5.88. The van der Waals surface area contributed by atoms with Crippen LogP contribution < -0.4 is 10.6 Å². The van der Waals surface area contributed by atoms with Crippen molar-refractivity contribution in [2.75, 3.05) is 40.3 Å². The van der Waals surface area contributed by atoms with Gasteiger partial charge >= 0.3 is 0 Å². The van der Waals surface area contributed by atoms with Crippen molar-refractivity contribution in [2.45, 2.75) is 89.1 Å². The van der Waals surface area contributed by atoms with Crippen LogP contribution in [0.1, 0.15) is 77.0 Å². The lowest BCUT2D eigenvalue weighted by molar-refractivity contribution is -0.124. The van der Waals surface area contributed by atoms with E-state index in [-0.39, 0.29) is 11.8 Å².